The summed E-state index contributed by atoms with van der Waals surface area (Å²) in [7, 11) is 0. The van der Waals surface area contributed by atoms with Crippen molar-refractivity contribution in [1.29, 1.82) is 0 Å². The summed E-state index contributed by atoms with van der Waals surface area (Å²) in [5.41, 5.74) is 3.20. The molecule has 144 valence electrons. The highest BCUT2D eigenvalue weighted by molar-refractivity contribution is 5.48. The molecule has 28 heavy (non-hydrogen) atoms. The van der Waals surface area contributed by atoms with Gasteiger partial charge in [0.15, 0.2) is 0 Å². The average Bonchev–Trinajstić information content (AvgIpc) is 2.74. The zero-order valence-corrected chi connectivity index (χ0v) is 15.5. The monoisotopic (exact) mass is 377 g/mol. The van der Waals surface area contributed by atoms with Gasteiger partial charge in [-0.25, -0.2) is 0 Å². The number of hydrogen-bond acceptors (Lipinski definition) is 5. The van der Waals surface area contributed by atoms with Gasteiger partial charge in [0.2, 0.25) is 0 Å². The van der Waals surface area contributed by atoms with Crippen molar-refractivity contribution < 1.29 is 9.66 Å². The first-order chi connectivity index (χ1) is 13.7. The van der Waals surface area contributed by atoms with Crippen LogP contribution in [0.15, 0.2) is 78.9 Å². The van der Waals surface area contributed by atoms with Gasteiger partial charge in [-0.1, -0.05) is 48.5 Å². The number of hydrogen-bond donors (Lipinski definition) is 2. The standard InChI is InChI=1S/C22H23N3O3/c26-25(27)21-12-10-20(11-13-21)24-15-14-23-16-19-8-4-5-9-22(19)28-17-18-6-2-1-3-7-18/h1-13,23-24H,14-17H2. The van der Waals surface area contributed by atoms with Crippen LogP contribution in [-0.2, 0) is 13.2 Å². The third-order valence-corrected chi connectivity index (χ3v) is 4.23. The number of nitrogens with one attached hydrogen (secondary N) is 2. The second-order valence-electron chi connectivity index (χ2n) is 6.29. The average molecular weight is 377 g/mol. The Morgan fingerprint density at radius 1 is 0.857 bits per heavy atom. The number of nitro groups is 1. The third kappa shape index (κ3) is 5.82. The lowest BCUT2D eigenvalue weighted by atomic mass is 10.2. The fourth-order valence-electron chi connectivity index (χ4n) is 2.75. The molecule has 0 fully saturated rings. The Morgan fingerprint density at radius 3 is 2.32 bits per heavy atom. The van der Waals surface area contributed by atoms with Gasteiger partial charge in [-0.2, -0.15) is 0 Å². The number of anilines is 1. The van der Waals surface area contributed by atoms with E-state index in [1.807, 2.05) is 48.5 Å². The van der Waals surface area contributed by atoms with E-state index < -0.39 is 4.92 Å². The number of benzene rings is 3. The lowest BCUT2D eigenvalue weighted by molar-refractivity contribution is -0.384. The predicted octanol–water partition coefficient (Wildman–Crippen LogP) is 4.38. The Morgan fingerprint density at radius 2 is 1.57 bits per heavy atom. The lowest BCUT2D eigenvalue weighted by Gasteiger charge is -2.13. The highest BCUT2D eigenvalue weighted by atomic mass is 16.6. The molecule has 0 saturated carbocycles. The summed E-state index contributed by atoms with van der Waals surface area (Å²) < 4.78 is 5.97. The van der Waals surface area contributed by atoms with Crippen molar-refractivity contribution in [2.75, 3.05) is 18.4 Å². The molecule has 0 aliphatic carbocycles. The minimum atomic E-state index is -0.400. The number of ether oxygens (including phenoxy) is 1. The second-order valence-corrected chi connectivity index (χ2v) is 6.29. The molecule has 0 amide bonds. The molecule has 0 saturated heterocycles. The van der Waals surface area contributed by atoms with Gasteiger partial charge in [-0.15, -0.1) is 0 Å². The van der Waals surface area contributed by atoms with Crippen LogP contribution in [0.2, 0.25) is 0 Å². The quantitative estimate of drug-likeness (QED) is 0.312. The van der Waals surface area contributed by atoms with Crippen LogP contribution in [0.5, 0.6) is 5.75 Å². The SMILES string of the molecule is O=[N+]([O-])c1ccc(NCCNCc2ccccc2OCc2ccccc2)cc1. The molecule has 0 aliphatic rings. The first kappa shape index (κ1) is 19.4. The molecule has 0 spiro atoms. The minimum Gasteiger partial charge on any atom is -0.489 e. The van der Waals surface area contributed by atoms with Crippen molar-refractivity contribution in [3.63, 3.8) is 0 Å². The van der Waals surface area contributed by atoms with E-state index in [1.54, 1.807) is 12.1 Å². The van der Waals surface area contributed by atoms with E-state index in [4.69, 9.17) is 4.74 Å². The van der Waals surface area contributed by atoms with Crippen molar-refractivity contribution in [2.45, 2.75) is 13.2 Å². The van der Waals surface area contributed by atoms with Crippen LogP contribution in [0.4, 0.5) is 11.4 Å². The second kappa shape index (κ2) is 10.1. The summed E-state index contributed by atoms with van der Waals surface area (Å²) in [6, 6.07) is 24.5. The van der Waals surface area contributed by atoms with E-state index >= 15 is 0 Å². The zero-order valence-electron chi connectivity index (χ0n) is 15.5. The summed E-state index contributed by atoms with van der Waals surface area (Å²) in [4.78, 5) is 10.3. The molecular weight excluding hydrogens is 354 g/mol. The van der Waals surface area contributed by atoms with Crippen LogP contribution in [0, 0.1) is 10.1 Å². The molecule has 3 rings (SSSR count). The van der Waals surface area contributed by atoms with Crippen LogP contribution in [0.1, 0.15) is 11.1 Å². The number of non-ortho nitro benzene ring substituents is 1. The predicted molar refractivity (Wildman–Crippen MR) is 111 cm³/mol. The molecule has 0 aliphatic heterocycles. The molecule has 0 heterocycles. The minimum absolute atomic E-state index is 0.0933. The van der Waals surface area contributed by atoms with Gasteiger partial charge in [0.05, 0.1) is 4.92 Å². The molecule has 3 aromatic carbocycles. The Balaban J connectivity index is 1.42. The maximum atomic E-state index is 10.7. The van der Waals surface area contributed by atoms with E-state index in [-0.39, 0.29) is 5.69 Å². The zero-order chi connectivity index (χ0) is 19.6. The molecule has 3 aromatic rings. The van der Waals surface area contributed by atoms with Gasteiger partial charge >= 0.3 is 0 Å². The third-order valence-electron chi connectivity index (χ3n) is 4.23. The highest BCUT2D eigenvalue weighted by Crippen LogP contribution is 2.19. The number of para-hydroxylation sites is 1. The molecule has 6 nitrogen and oxygen atoms in total. The summed E-state index contributed by atoms with van der Waals surface area (Å²) >= 11 is 0. The summed E-state index contributed by atoms with van der Waals surface area (Å²) in [6.45, 7) is 2.71. The maximum absolute atomic E-state index is 10.7. The first-order valence-corrected chi connectivity index (χ1v) is 9.16. The van der Waals surface area contributed by atoms with Gasteiger partial charge in [0.25, 0.3) is 5.69 Å². The number of nitro benzene ring substituents is 1. The van der Waals surface area contributed by atoms with Gasteiger partial charge < -0.3 is 15.4 Å². The molecule has 6 heteroatoms. The molecule has 0 atom stereocenters. The van der Waals surface area contributed by atoms with E-state index in [9.17, 15) is 10.1 Å². The van der Waals surface area contributed by atoms with Crippen LogP contribution >= 0.6 is 0 Å². The summed E-state index contributed by atoms with van der Waals surface area (Å²) in [5.74, 6) is 0.877. The van der Waals surface area contributed by atoms with Crippen molar-refractivity contribution in [1.82, 2.24) is 5.32 Å². The summed E-state index contributed by atoms with van der Waals surface area (Å²) in [5, 5.41) is 17.3. The fraction of sp³-hybridized carbons (Fsp3) is 0.182. The first-order valence-electron chi connectivity index (χ1n) is 9.16. The Bertz CT molecular complexity index is 883. The van der Waals surface area contributed by atoms with Crippen molar-refractivity contribution in [2.24, 2.45) is 0 Å². The Labute approximate surface area is 164 Å². The number of nitrogens with zero attached hydrogens (tertiary/aromatic N) is 1. The largest absolute Gasteiger partial charge is 0.489 e. The van der Waals surface area contributed by atoms with Gasteiger partial charge in [0.1, 0.15) is 12.4 Å². The molecule has 0 bridgehead atoms. The van der Waals surface area contributed by atoms with Crippen molar-refractivity contribution in [3.8, 4) is 5.75 Å². The van der Waals surface area contributed by atoms with Crippen LogP contribution in [0.3, 0.4) is 0 Å². The fourth-order valence-corrected chi connectivity index (χ4v) is 2.75. The van der Waals surface area contributed by atoms with Crippen molar-refractivity contribution in [3.05, 3.63) is 100 Å². The smallest absolute Gasteiger partial charge is 0.269 e. The van der Waals surface area contributed by atoms with Gasteiger partial charge in [0, 0.05) is 43.0 Å². The Kier molecular flexibility index (Phi) is 6.98. The van der Waals surface area contributed by atoms with E-state index in [0.29, 0.717) is 19.7 Å². The molecular formula is C22H23N3O3. The van der Waals surface area contributed by atoms with Gasteiger partial charge in [-0.3, -0.25) is 10.1 Å². The molecule has 2 N–H and O–H groups in total. The maximum Gasteiger partial charge on any atom is 0.269 e. The summed E-state index contributed by atoms with van der Waals surface area (Å²) in [6.07, 6.45) is 0. The van der Waals surface area contributed by atoms with Crippen molar-refractivity contribution >= 4 is 11.4 Å². The van der Waals surface area contributed by atoms with E-state index in [1.165, 1.54) is 12.1 Å². The normalized spacial score (nSPS) is 10.4. The molecule has 0 aromatic heterocycles. The van der Waals surface area contributed by atoms with Gasteiger partial charge in [-0.05, 0) is 23.8 Å². The Hall–Kier alpha value is -3.38. The number of rotatable bonds is 10. The van der Waals surface area contributed by atoms with E-state index in [0.717, 1.165) is 29.1 Å². The highest BCUT2D eigenvalue weighted by Gasteiger charge is 2.04. The van der Waals surface area contributed by atoms with Crippen LogP contribution in [0.25, 0.3) is 0 Å². The molecule has 0 unspecified atom stereocenters. The van der Waals surface area contributed by atoms with E-state index in [2.05, 4.69) is 16.7 Å². The topological polar surface area (TPSA) is 76.4 Å². The molecule has 0 radical (unpaired) electrons. The lowest BCUT2D eigenvalue weighted by Crippen LogP contribution is -2.22. The van der Waals surface area contributed by atoms with Crippen LogP contribution in [-0.4, -0.2) is 18.0 Å². The van der Waals surface area contributed by atoms with Crippen LogP contribution < -0.4 is 15.4 Å².